The highest BCUT2D eigenvalue weighted by molar-refractivity contribution is 7.86. The molecule has 0 spiro atoms. The van der Waals surface area contributed by atoms with E-state index in [1.54, 1.807) is 36.4 Å². The van der Waals surface area contributed by atoms with Gasteiger partial charge in [0.25, 0.3) is 25.9 Å². The minimum atomic E-state index is -4.97. The summed E-state index contributed by atoms with van der Waals surface area (Å²) in [6.07, 6.45) is 0. The highest BCUT2D eigenvalue weighted by Gasteiger charge is 2.23. The summed E-state index contributed by atoms with van der Waals surface area (Å²) in [7, 11) is -9.31. The van der Waals surface area contributed by atoms with E-state index < -0.39 is 52.9 Å². The van der Waals surface area contributed by atoms with Crippen LogP contribution in [-0.2, 0) is 26.8 Å². The standard InChI is InChI=1S/C31H26N6O10S2/c1-2-36(18-19-4-3-5-25(14-19)48(42,43)44)23-9-6-21(7-10-23)32-33-22-8-12-26-20(15-22)16-29(49(45,46)47)30(31(26)39)35-34-27-17-24(37(40)41)11-13-28(27)38/h3-17,38-39H,2,18H2,1H3,(H,42,43,44)(H,45,46,47). The maximum atomic E-state index is 12.2. The molecule has 0 unspecified atom stereocenters. The third kappa shape index (κ3) is 8.01. The minimum absolute atomic E-state index is 0.106. The number of rotatable bonds is 11. The number of hydrogen-bond donors (Lipinski definition) is 4. The van der Waals surface area contributed by atoms with Gasteiger partial charge < -0.3 is 15.1 Å². The molecule has 0 saturated heterocycles. The molecule has 16 nitrogen and oxygen atoms in total. The van der Waals surface area contributed by atoms with Crippen molar-refractivity contribution in [3.05, 3.63) is 107 Å². The van der Waals surface area contributed by atoms with E-state index in [2.05, 4.69) is 20.5 Å². The van der Waals surface area contributed by atoms with Gasteiger partial charge >= 0.3 is 0 Å². The van der Waals surface area contributed by atoms with Crippen LogP contribution in [0.1, 0.15) is 12.5 Å². The van der Waals surface area contributed by atoms with Crippen LogP contribution in [0.15, 0.2) is 121 Å². The van der Waals surface area contributed by atoms with Crippen LogP contribution in [0.4, 0.5) is 34.1 Å². The van der Waals surface area contributed by atoms with Crippen LogP contribution in [0.5, 0.6) is 11.5 Å². The molecule has 0 aliphatic rings. The average molecular weight is 707 g/mol. The summed E-state index contributed by atoms with van der Waals surface area (Å²) < 4.78 is 66.8. The number of aromatic hydroxyl groups is 2. The third-order valence-corrected chi connectivity index (χ3v) is 8.90. The Hall–Kier alpha value is -5.82. The summed E-state index contributed by atoms with van der Waals surface area (Å²) in [6.45, 7) is 2.89. The second kappa shape index (κ2) is 13.7. The molecule has 0 atom stereocenters. The van der Waals surface area contributed by atoms with Gasteiger partial charge in [0.05, 0.1) is 21.2 Å². The Morgan fingerprint density at radius 2 is 1.47 bits per heavy atom. The number of nitro groups is 1. The van der Waals surface area contributed by atoms with E-state index in [1.807, 2.05) is 11.8 Å². The van der Waals surface area contributed by atoms with Crippen molar-refractivity contribution in [1.29, 1.82) is 0 Å². The normalized spacial score (nSPS) is 12.2. The first-order valence-corrected chi connectivity index (χ1v) is 17.0. The SMILES string of the molecule is CCN(Cc1cccc(S(=O)(=O)O)c1)c1ccc(N=Nc2ccc3c(O)c(N=Nc4cc([N+](=O)[O-])ccc4O)c(S(=O)(=O)O)cc3c2)cc1. The van der Waals surface area contributed by atoms with E-state index in [1.165, 1.54) is 30.3 Å². The smallest absolute Gasteiger partial charge is 0.296 e. The van der Waals surface area contributed by atoms with Gasteiger partial charge in [-0.05, 0) is 84.6 Å². The van der Waals surface area contributed by atoms with Crippen LogP contribution >= 0.6 is 0 Å². The van der Waals surface area contributed by atoms with Crippen LogP contribution in [-0.4, -0.2) is 47.6 Å². The maximum absolute atomic E-state index is 12.2. The van der Waals surface area contributed by atoms with Crippen LogP contribution in [0, 0.1) is 10.1 Å². The van der Waals surface area contributed by atoms with E-state index in [0.717, 1.165) is 30.0 Å². The summed E-state index contributed by atoms with van der Waals surface area (Å²) in [5.74, 6) is -1.18. The first-order valence-electron chi connectivity index (χ1n) is 14.1. The van der Waals surface area contributed by atoms with Gasteiger partial charge in [0.2, 0.25) is 0 Å². The first-order chi connectivity index (χ1) is 23.1. The molecule has 4 N–H and O–H groups in total. The molecule has 18 heteroatoms. The second-order valence-electron chi connectivity index (χ2n) is 10.4. The number of fused-ring (bicyclic) bond motifs is 1. The van der Waals surface area contributed by atoms with Crippen molar-refractivity contribution in [1.82, 2.24) is 0 Å². The monoisotopic (exact) mass is 706 g/mol. The summed E-state index contributed by atoms with van der Waals surface area (Å²) >= 11 is 0. The lowest BCUT2D eigenvalue weighted by Gasteiger charge is -2.23. The Balaban J connectivity index is 1.40. The summed E-state index contributed by atoms with van der Waals surface area (Å²) in [5.41, 5.74) is 0.752. The molecule has 0 aromatic heterocycles. The number of non-ortho nitro benzene ring substituents is 1. The van der Waals surface area contributed by atoms with Gasteiger partial charge in [-0.25, -0.2) is 0 Å². The number of hydrogen-bond acceptors (Lipinski definition) is 13. The molecule has 0 saturated carbocycles. The largest absolute Gasteiger partial charge is 0.506 e. The molecule has 252 valence electrons. The Morgan fingerprint density at radius 1 is 0.776 bits per heavy atom. The van der Waals surface area contributed by atoms with Gasteiger partial charge in [-0.15, -0.1) is 10.2 Å². The highest BCUT2D eigenvalue weighted by atomic mass is 32.2. The number of phenolic OH excluding ortho intramolecular Hbond substituents is 2. The van der Waals surface area contributed by atoms with Crippen LogP contribution < -0.4 is 4.90 Å². The van der Waals surface area contributed by atoms with E-state index in [9.17, 15) is 46.3 Å². The van der Waals surface area contributed by atoms with Crippen molar-refractivity contribution in [2.24, 2.45) is 20.5 Å². The van der Waals surface area contributed by atoms with E-state index >= 15 is 0 Å². The number of nitrogens with zero attached hydrogens (tertiary/aromatic N) is 6. The summed E-state index contributed by atoms with van der Waals surface area (Å²) in [5, 5.41) is 48.0. The van der Waals surface area contributed by atoms with Crippen molar-refractivity contribution >= 4 is 65.1 Å². The molecule has 0 amide bonds. The lowest BCUT2D eigenvalue weighted by atomic mass is 10.1. The van der Waals surface area contributed by atoms with Crippen molar-refractivity contribution in [3.8, 4) is 11.5 Å². The molecule has 0 fully saturated rings. The highest BCUT2D eigenvalue weighted by Crippen LogP contribution is 2.43. The van der Waals surface area contributed by atoms with Gasteiger partial charge in [-0.2, -0.15) is 27.1 Å². The summed E-state index contributed by atoms with van der Waals surface area (Å²) in [4.78, 5) is 11.3. The maximum Gasteiger partial charge on any atom is 0.296 e. The molecule has 0 aliphatic carbocycles. The molecular weight excluding hydrogens is 681 g/mol. The average Bonchev–Trinajstić information content (AvgIpc) is 3.05. The Labute approximate surface area is 279 Å². The van der Waals surface area contributed by atoms with Gasteiger partial charge in [0, 0.05) is 36.3 Å². The predicted molar refractivity (Wildman–Crippen MR) is 178 cm³/mol. The Morgan fingerprint density at radius 3 is 2.12 bits per heavy atom. The molecule has 0 radical (unpaired) electrons. The first kappa shape index (κ1) is 34.5. The van der Waals surface area contributed by atoms with Crippen molar-refractivity contribution in [3.63, 3.8) is 0 Å². The zero-order chi connectivity index (χ0) is 35.5. The lowest BCUT2D eigenvalue weighted by molar-refractivity contribution is -0.384. The lowest BCUT2D eigenvalue weighted by Crippen LogP contribution is -2.22. The zero-order valence-corrected chi connectivity index (χ0v) is 26.9. The topological polar surface area (TPSA) is 245 Å². The minimum Gasteiger partial charge on any atom is -0.506 e. The van der Waals surface area contributed by atoms with Crippen LogP contribution in [0.3, 0.4) is 0 Å². The van der Waals surface area contributed by atoms with E-state index in [-0.39, 0.29) is 27.0 Å². The number of anilines is 1. The molecule has 5 rings (SSSR count). The Bertz CT molecular complexity index is 2370. The molecule has 5 aromatic rings. The van der Waals surface area contributed by atoms with E-state index in [0.29, 0.717) is 24.3 Å². The van der Waals surface area contributed by atoms with Crippen molar-refractivity contribution in [2.45, 2.75) is 23.3 Å². The van der Waals surface area contributed by atoms with Crippen LogP contribution in [0.25, 0.3) is 10.8 Å². The van der Waals surface area contributed by atoms with Gasteiger partial charge in [-0.3, -0.25) is 19.2 Å². The second-order valence-corrected chi connectivity index (χ2v) is 13.2. The molecule has 49 heavy (non-hydrogen) atoms. The van der Waals surface area contributed by atoms with Gasteiger partial charge in [0.1, 0.15) is 22.0 Å². The third-order valence-electron chi connectivity index (χ3n) is 7.19. The quantitative estimate of drug-likeness (QED) is 0.0453. The predicted octanol–water partition coefficient (Wildman–Crippen LogP) is 7.51. The van der Waals surface area contributed by atoms with Gasteiger partial charge in [-0.1, -0.05) is 12.1 Å². The van der Waals surface area contributed by atoms with Gasteiger partial charge in [0.15, 0.2) is 5.75 Å². The number of azo groups is 2. The Kier molecular flexibility index (Phi) is 9.67. The molecule has 0 heterocycles. The van der Waals surface area contributed by atoms with E-state index in [4.69, 9.17) is 0 Å². The number of benzene rings is 5. The summed E-state index contributed by atoms with van der Waals surface area (Å²) in [6, 6.07) is 21.3. The van der Waals surface area contributed by atoms with Crippen molar-refractivity contribution < 1.29 is 41.1 Å². The fourth-order valence-corrected chi connectivity index (χ4v) is 5.97. The molecule has 5 aromatic carbocycles. The van der Waals surface area contributed by atoms with Crippen molar-refractivity contribution in [2.75, 3.05) is 11.4 Å². The fourth-order valence-electron chi connectivity index (χ4n) is 4.76. The number of phenols is 2. The zero-order valence-electron chi connectivity index (χ0n) is 25.3. The fraction of sp³-hybridized carbons (Fsp3) is 0.0968. The number of nitro benzene ring substituents is 1. The molecule has 0 bridgehead atoms. The van der Waals surface area contributed by atoms with Crippen LogP contribution in [0.2, 0.25) is 0 Å². The molecule has 0 aliphatic heterocycles. The molecular formula is C31H26N6O10S2.